The minimum atomic E-state index is -0.382. The van der Waals surface area contributed by atoms with Crippen LogP contribution >= 0.6 is 0 Å². The van der Waals surface area contributed by atoms with Gasteiger partial charge in [0.2, 0.25) is 0 Å². The Bertz CT molecular complexity index is 1320. The van der Waals surface area contributed by atoms with Crippen LogP contribution in [0.25, 0.3) is 0 Å². The Morgan fingerprint density at radius 3 is 0.743 bits per heavy atom. The number of carbonyl (C=O) groups excluding carboxylic acids is 4. The highest BCUT2D eigenvalue weighted by Crippen LogP contribution is 2.22. The van der Waals surface area contributed by atoms with Crippen molar-refractivity contribution < 1.29 is 19.2 Å². The molecule has 1 rings (SSSR count). The normalized spacial score (nSPS) is 12.2. The summed E-state index contributed by atoms with van der Waals surface area (Å²) in [5.41, 5.74) is 0.586. The summed E-state index contributed by atoms with van der Waals surface area (Å²) >= 11 is 0. The van der Waals surface area contributed by atoms with Crippen LogP contribution < -0.4 is 21.3 Å². The van der Waals surface area contributed by atoms with Gasteiger partial charge in [0.05, 0.1) is 22.3 Å². The Hall–Kier alpha value is -2.90. The fourth-order valence-corrected chi connectivity index (χ4v) is 9.84. The average molecular weight is 980 g/mol. The maximum absolute atomic E-state index is 14.1. The van der Waals surface area contributed by atoms with Gasteiger partial charge in [-0.3, -0.25) is 19.2 Å². The zero-order valence-corrected chi connectivity index (χ0v) is 47.1. The van der Waals surface area contributed by atoms with Crippen LogP contribution in [0.2, 0.25) is 0 Å². The van der Waals surface area contributed by atoms with E-state index in [-0.39, 0.29) is 45.9 Å². The fraction of sp³-hybridized carbons (Fsp3) is 0.839. The van der Waals surface area contributed by atoms with Gasteiger partial charge in [0.15, 0.2) is 0 Å². The summed E-state index contributed by atoms with van der Waals surface area (Å²) in [7, 11) is 0. The topological polar surface area (TPSA) is 116 Å². The average Bonchev–Trinajstić information content (AvgIpc) is 3.37. The number of carbonyl (C=O) groups is 4. The molecule has 0 aliphatic carbocycles. The van der Waals surface area contributed by atoms with Crippen LogP contribution in [-0.2, 0) is 0 Å². The highest BCUT2D eigenvalue weighted by atomic mass is 16.2. The van der Waals surface area contributed by atoms with Gasteiger partial charge in [-0.15, -0.1) is 0 Å². The summed E-state index contributed by atoms with van der Waals surface area (Å²) in [5.74, 6) is -0.884. The lowest BCUT2D eigenvalue weighted by atomic mass is 9.94. The zero-order valence-electron chi connectivity index (χ0n) is 47.1. The van der Waals surface area contributed by atoms with Crippen LogP contribution in [-0.4, -0.2) is 49.8 Å². The van der Waals surface area contributed by atoms with Crippen molar-refractivity contribution in [2.45, 2.75) is 298 Å². The van der Waals surface area contributed by atoms with E-state index < -0.39 is 0 Å². The lowest BCUT2D eigenvalue weighted by Gasteiger charge is -2.19. The number of benzene rings is 1. The molecule has 8 heteroatoms. The predicted octanol–water partition coefficient (Wildman–Crippen LogP) is 17.6. The minimum absolute atomic E-state index is 0.146. The highest BCUT2D eigenvalue weighted by Gasteiger charge is 2.27. The van der Waals surface area contributed by atoms with Crippen molar-refractivity contribution in [1.29, 1.82) is 0 Å². The summed E-state index contributed by atoms with van der Waals surface area (Å²) in [6.45, 7) is 15.2. The van der Waals surface area contributed by atoms with E-state index in [0.29, 0.717) is 38.0 Å². The molecule has 4 amide bonds. The largest absolute Gasteiger partial charge is 0.352 e. The van der Waals surface area contributed by atoms with Crippen molar-refractivity contribution >= 4 is 23.6 Å². The van der Waals surface area contributed by atoms with Crippen molar-refractivity contribution in [3.63, 3.8) is 0 Å². The molecule has 4 N–H and O–H groups in total. The van der Waals surface area contributed by atoms with Crippen LogP contribution in [0.4, 0.5) is 0 Å². The molecule has 0 aliphatic heterocycles. The molecule has 0 bridgehead atoms. The van der Waals surface area contributed by atoms with E-state index in [2.05, 4.69) is 62.8 Å². The van der Waals surface area contributed by atoms with Crippen LogP contribution in [0.5, 0.6) is 0 Å². The van der Waals surface area contributed by atoms with Gasteiger partial charge < -0.3 is 21.3 Å². The molecular weight excluding hydrogens is 865 g/mol. The standard InChI is InChI=1S/C62H114N4O4/c1-7-13-17-19-21-23-25-27-29-31-33-35-37-39-41-43-47-63-59(67)55-49-58(62(70)66-52-54(12-6)46-16-10-4)56(50-57(55)61(69)65-51-53(11-5)45-15-9-3)60(68)64-48-44-42-40-38-36-34-32-30-28-26-24-22-20-18-14-8-2/h49-50,53-54H,7-48,51-52H2,1-6H3,(H,63,67)(H,64,68)(H,65,69)(H,66,70). The number of unbranched alkanes of at least 4 members (excludes halogenated alkanes) is 32. The SMILES string of the molecule is CCCCCCCCCCCCCCCCCCNC(=O)c1cc(C(=O)NCC(CC)CCCC)c(C(=O)NCCCCCCCCCCCCCCCCCC)cc1C(=O)NCC(CC)CCCC. The van der Waals surface area contributed by atoms with Gasteiger partial charge >= 0.3 is 0 Å². The van der Waals surface area contributed by atoms with Crippen molar-refractivity contribution in [3.05, 3.63) is 34.4 Å². The summed E-state index contributed by atoms with van der Waals surface area (Å²) in [4.78, 5) is 56.4. The molecule has 0 saturated heterocycles. The van der Waals surface area contributed by atoms with Gasteiger partial charge in [-0.1, -0.05) is 273 Å². The van der Waals surface area contributed by atoms with Crippen LogP contribution in [0, 0.1) is 11.8 Å². The third-order valence-electron chi connectivity index (χ3n) is 15.0. The van der Waals surface area contributed by atoms with Gasteiger partial charge in [-0.05, 0) is 49.7 Å². The monoisotopic (exact) mass is 979 g/mol. The first-order valence-electron chi connectivity index (χ1n) is 30.6. The third-order valence-corrected chi connectivity index (χ3v) is 15.0. The molecule has 70 heavy (non-hydrogen) atoms. The maximum atomic E-state index is 14.1. The molecule has 0 aromatic heterocycles. The van der Waals surface area contributed by atoms with E-state index in [9.17, 15) is 19.2 Å². The maximum Gasteiger partial charge on any atom is 0.252 e. The Balaban J connectivity index is 2.95. The number of rotatable bonds is 50. The Morgan fingerprint density at radius 2 is 0.514 bits per heavy atom. The molecule has 0 fully saturated rings. The molecule has 1 aromatic rings. The Kier molecular flexibility index (Phi) is 43.8. The second-order valence-corrected chi connectivity index (χ2v) is 21.3. The quantitative estimate of drug-likeness (QED) is 0.0487. The molecule has 406 valence electrons. The van der Waals surface area contributed by atoms with Crippen molar-refractivity contribution in [1.82, 2.24) is 21.3 Å². The number of hydrogen-bond donors (Lipinski definition) is 4. The lowest BCUT2D eigenvalue weighted by Crippen LogP contribution is -2.36. The fourth-order valence-electron chi connectivity index (χ4n) is 9.84. The molecule has 1 aromatic carbocycles. The molecule has 8 nitrogen and oxygen atoms in total. The van der Waals surface area contributed by atoms with Gasteiger partial charge in [-0.2, -0.15) is 0 Å². The van der Waals surface area contributed by atoms with E-state index in [4.69, 9.17) is 0 Å². The van der Waals surface area contributed by atoms with E-state index in [1.807, 2.05) is 0 Å². The van der Waals surface area contributed by atoms with Gasteiger partial charge in [-0.25, -0.2) is 0 Å². The Morgan fingerprint density at radius 1 is 0.300 bits per heavy atom. The van der Waals surface area contributed by atoms with Crippen molar-refractivity contribution in [2.24, 2.45) is 11.8 Å². The molecule has 0 radical (unpaired) electrons. The summed E-state index contributed by atoms with van der Waals surface area (Å²) in [6.07, 6.45) is 49.3. The second-order valence-electron chi connectivity index (χ2n) is 21.3. The second kappa shape index (κ2) is 47.1. The molecule has 0 spiro atoms. The first kappa shape index (κ1) is 65.1. The Labute approximate surface area is 433 Å². The number of hydrogen-bond acceptors (Lipinski definition) is 4. The highest BCUT2D eigenvalue weighted by molar-refractivity contribution is 6.14. The molecular formula is C62H114N4O4. The van der Waals surface area contributed by atoms with E-state index in [1.165, 1.54) is 179 Å². The minimum Gasteiger partial charge on any atom is -0.352 e. The van der Waals surface area contributed by atoms with E-state index >= 15 is 0 Å². The summed E-state index contributed by atoms with van der Waals surface area (Å²) in [6, 6.07) is 3.02. The smallest absolute Gasteiger partial charge is 0.252 e. The first-order valence-corrected chi connectivity index (χ1v) is 30.6. The van der Waals surface area contributed by atoms with Crippen LogP contribution in [0.3, 0.4) is 0 Å². The first-order chi connectivity index (χ1) is 34.3. The zero-order chi connectivity index (χ0) is 51.1. The molecule has 0 saturated carbocycles. The lowest BCUT2D eigenvalue weighted by molar-refractivity contribution is 0.0903. The van der Waals surface area contributed by atoms with Gasteiger partial charge in [0, 0.05) is 26.2 Å². The molecule has 2 unspecified atom stereocenters. The van der Waals surface area contributed by atoms with Crippen molar-refractivity contribution in [2.75, 3.05) is 26.2 Å². The third kappa shape index (κ3) is 33.7. The van der Waals surface area contributed by atoms with E-state index in [1.54, 1.807) is 0 Å². The summed E-state index contributed by atoms with van der Waals surface area (Å²) in [5, 5.41) is 12.4. The predicted molar refractivity (Wildman–Crippen MR) is 301 cm³/mol. The summed E-state index contributed by atoms with van der Waals surface area (Å²) < 4.78 is 0. The molecule has 2 atom stereocenters. The molecule has 0 aliphatic rings. The van der Waals surface area contributed by atoms with Crippen LogP contribution in [0.1, 0.15) is 340 Å². The van der Waals surface area contributed by atoms with E-state index in [0.717, 1.165) is 89.9 Å². The van der Waals surface area contributed by atoms with Crippen molar-refractivity contribution in [3.8, 4) is 0 Å². The van der Waals surface area contributed by atoms with Gasteiger partial charge in [0.25, 0.3) is 23.6 Å². The van der Waals surface area contributed by atoms with Gasteiger partial charge in [0.1, 0.15) is 0 Å². The number of nitrogens with one attached hydrogen (secondary N) is 4. The number of amides is 4. The van der Waals surface area contributed by atoms with Crippen LogP contribution in [0.15, 0.2) is 12.1 Å². The molecule has 0 heterocycles.